The van der Waals surface area contributed by atoms with Gasteiger partial charge in [-0.3, -0.25) is 0 Å². The molecular weight excluding hydrogens is 562 g/mol. The third-order valence-electron chi connectivity index (χ3n) is 5.77. The van der Waals surface area contributed by atoms with Gasteiger partial charge < -0.3 is 29.5 Å². The molecule has 0 spiro atoms. The summed E-state index contributed by atoms with van der Waals surface area (Å²) in [5.74, 6) is -0.764. The van der Waals surface area contributed by atoms with Crippen LogP contribution in [0.15, 0.2) is 66.7 Å². The highest BCUT2D eigenvalue weighted by atomic mass is 35.5. The first-order valence-electron chi connectivity index (χ1n) is 12.6. The zero-order valence-corrected chi connectivity index (χ0v) is 23.5. The van der Waals surface area contributed by atoms with Crippen molar-refractivity contribution in [2.45, 2.75) is 26.1 Å². The van der Waals surface area contributed by atoms with Crippen LogP contribution in [-0.4, -0.2) is 61.0 Å². The van der Waals surface area contributed by atoms with Gasteiger partial charge in [0.15, 0.2) is 6.10 Å². The number of benzene rings is 3. The molecule has 0 aliphatic rings. The predicted molar refractivity (Wildman–Crippen MR) is 152 cm³/mol. The number of amides is 2. The number of urea groups is 1. The van der Waals surface area contributed by atoms with Crippen LogP contribution in [0.5, 0.6) is 5.75 Å². The SMILES string of the molecule is CCOC(Cc1ccc(OCCN(CCOCc2ccc(F)cc2)C(=O)Nc2ccc(Cl)cc2Cl)cc1)C(=O)O. The van der Waals surface area contributed by atoms with Gasteiger partial charge in [0.1, 0.15) is 18.2 Å². The molecule has 2 N–H and O–H groups in total. The van der Waals surface area contributed by atoms with E-state index >= 15 is 0 Å². The minimum atomic E-state index is -1.01. The van der Waals surface area contributed by atoms with E-state index in [4.69, 9.17) is 37.4 Å². The molecule has 11 heteroatoms. The van der Waals surface area contributed by atoms with Crippen LogP contribution in [0.25, 0.3) is 0 Å². The second-order valence-corrected chi connectivity index (χ2v) is 9.54. The smallest absolute Gasteiger partial charge is 0.333 e. The third kappa shape index (κ3) is 10.3. The average Bonchev–Trinajstić information content (AvgIpc) is 2.93. The fraction of sp³-hybridized carbons (Fsp3) is 0.310. The zero-order valence-electron chi connectivity index (χ0n) is 21.9. The summed E-state index contributed by atoms with van der Waals surface area (Å²) >= 11 is 12.2. The maximum atomic E-state index is 13.1. The number of ether oxygens (including phenoxy) is 3. The van der Waals surface area contributed by atoms with Gasteiger partial charge in [0.05, 0.1) is 30.5 Å². The molecule has 0 aromatic heterocycles. The molecule has 0 radical (unpaired) electrons. The van der Waals surface area contributed by atoms with E-state index in [9.17, 15) is 19.1 Å². The first-order valence-corrected chi connectivity index (χ1v) is 13.4. The first kappa shape index (κ1) is 31.2. The topological polar surface area (TPSA) is 97.3 Å². The fourth-order valence-corrected chi connectivity index (χ4v) is 4.13. The van der Waals surface area contributed by atoms with Gasteiger partial charge in [0.2, 0.25) is 0 Å². The Hall–Kier alpha value is -3.37. The molecule has 2 amide bonds. The quantitative estimate of drug-likeness (QED) is 0.201. The highest BCUT2D eigenvalue weighted by Crippen LogP contribution is 2.25. The van der Waals surface area contributed by atoms with Crippen LogP contribution >= 0.6 is 23.2 Å². The summed E-state index contributed by atoms with van der Waals surface area (Å²) in [6.07, 6.45) is -0.675. The number of rotatable bonds is 15. The lowest BCUT2D eigenvalue weighted by Gasteiger charge is -2.23. The molecular formula is C29H31Cl2FN2O6. The Morgan fingerprint density at radius 2 is 1.65 bits per heavy atom. The van der Waals surface area contributed by atoms with Crippen LogP contribution in [0, 0.1) is 5.82 Å². The molecule has 0 saturated heterocycles. The molecule has 0 aliphatic carbocycles. The van der Waals surface area contributed by atoms with Crippen molar-refractivity contribution in [3.05, 3.63) is 93.7 Å². The van der Waals surface area contributed by atoms with Crippen molar-refractivity contribution in [3.63, 3.8) is 0 Å². The lowest BCUT2D eigenvalue weighted by molar-refractivity contribution is -0.149. The molecule has 0 heterocycles. The molecule has 214 valence electrons. The van der Waals surface area contributed by atoms with Gasteiger partial charge in [0.25, 0.3) is 0 Å². The number of anilines is 1. The molecule has 1 atom stereocenters. The third-order valence-corrected chi connectivity index (χ3v) is 6.31. The van der Waals surface area contributed by atoms with Crippen molar-refractivity contribution >= 4 is 40.9 Å². The second kappa shape index (κ2) is 16.0. The van der Waals surface area contributed by atoms with Gasteiger partial charge in [-0.2, -0.15) is 0 Å². The number of carboxylic acid groups (broad SMARTS) is 1. The first-order chi connectivity index (χ1) is 19.2. The second-order valence-electron chi connectivity index (χ2n) is 8.70. The van der Waals surface area contributed by atoms with Gasteiger partial charge in [0, 0.05) is 24.6 Å². The van der Waals surface area contributed by atoms with Crippen molar-refractivity contribution in [1.82, 2.24) is 4.90 Å². The van der Waals surface area contributed by atoms with Crippen LogP contribution < -0.4 is 10.1 Å². The molecule has 0 bridgehead atoms. The van der Waals surface area contributed by atoms with Crippen LogP contribution in [0.3, 0.4) is 0 Å². The van der Waals surface area contributed by atoms with Gasteiger partial charge in [-0.05, 0) is 60.5 Å². The number of hydrogen-bond acceptors (Lipinski definition) is 5. The van der Waals surface area contributed by atoms with Crippen LogP contribution in [-0.2, 0) is 27.3 Å². The van der Waals surface area contributed by atoms with E-state index in [0.717, 1.165) is 11.1 Å². The van der Waals surface area contributed by atoms with E-state index in [-0.39, 0.29) is 45.1 Å². The Labute approximate surface area is 242 Å². The van der Waals surface area contributed by atoms with Crippen molar-refractivity contribution in [2.75, 3.05) is 38.2 Å². The average molecular weight is 593 g/mol. The van der Waals surface area contributed by atoms with Gasteiger partial charge in [-0.1, -0.05) is 47.5 Å². The van der Waals surface area contributed by atoms with Crippen LogP contribution in [0.2, 0.25) is 10.0 Å². The van der Waals surface area contributed by atoms with Crippen molar-refractivity contribution in [1.29, 1.82) is 0 Å². The van der Waals surface area contributed by atoms with Gasteiger partial charge in [-0.15, -0.1) is 0 Å². The Bertz CT molecular complexity index is 1240. The number of carboxylic acids is 1. The van der Waals surface area contributed by atoms with Gasteiger partial charge >= 0.3 is 12.0 Å². The number of nitrogens with one attached hydrogen (secondary N) is 1. The minimum absolute atomic E-state index is 0.190. The number of aliphatic carboxylic acids is 1. The minimum Gasteiger partial charge on any atom is -0.492 e. The number of nitrogens with zero attached hydrogens (tertiary/aromatic N) is 1. The summed E-state index contributed by atoms with van der Waals surface area (Å²) in [4.78, 5) is 25.9. The van der Waals surface area contributed by atoms with Crippen molar-refractivity contribution < 1.29 is 33.3 Å². The Morgan fingerprint density at radius 3 is 2.30 bits per heavy atom. The van der Waals surface area contributed by atoms with E-state index in [1.54, 1.807) is 55.5 Å². The zero-order chi connectivity index (χ0) is 28.9. The normalized spacial score (nSPS) is 11.6. The maximum Gasteiger partial charge on any atom is 0.333 e. The molecule has 0 fully saturated rings. The molecule has 40 heavy (non-hydrogen) atoms. The summed E-state index contributed by atoms with van der Waals surface area (Å²) in [6, 6.07) is 17.4. The number of carbonyl (C=O) groups excluding carboxylic acids is 1. The Morgan fingerprint density at radius 1 is 0.975 bits per heavy atom. The molecule has 1 unspecified atom stereocenters. The Kier molecular flexibility index (Phi) is 12.5. The number of halogens is 3. The molecule has 3 aromatic carbocycles. The monoisotopic (exact) mass is 592 g/mol. The molecule has 3 aromatic rings. The summed E-state index contributed by atoms with van der Waals surface area (Å²) in [5, 5.41) is 12.8. The fourth-order valence-electron chi connectivity index (χ4n) is 3.67. The summed E-state index contributed by atoms with van der Waals surface area (Å²) in [5.41, 5.74) is 2.02. The van der Waals surface area contributed by atoms with E-state index < -0.39 is 18.1 Å². The van der Waals surface area contributed by atoms with E-state index in [1.807, 2.05) is 0 Å². The van der Waals surface area contributed by atoms with Crippen LogP contribution in [0.1, 0.15) is 18.1 Å². The van der Waals surface area contributed by atoms with Crippen molar-refractivity contribution in [3.8, 4) is 5.75 Å². The number of carbonyl (C=O) groups is 2. The van der Waals surface area contributed by atoms with E-state index in [0.29, 0.717) is 28.1 Å². The Balaban J connectivity index is 1.56. The predicted octanol–water partition coefficient (Wildman–Crippen LogP) is 6.29. The summed E-state index contributed by atoms with van der Waals surface area (Å²) in [6.45, 7) is 3.25. The van der Waals surface area contributed by atoms with Gasteiger partial charge in [-0.25, -0.2) is 14.0 Å². The standard InChI is InChI=1S/C29H31Cl2FN2O6/c1-2-39-27(28(35)36)17-20-5-10-24(11-6-20)40-16-14-34(13-15-38-19-21-3-8-23(32)9-4-21)29(37)33-26-12-7-22(30)18-25(26)31/h3-12,18,27H,2,13-17,19H2,1H3,(H,33,37)(H,35,36). The lowest BCUT2D eigenvalue weighted by atomic mass is 10.1. The summed E-state index contributed by atoms with van der Waals surface area (Å²) < 4.78 is 29.9. The highest BCUT2D eigenvalue weighted by Gasteiger charge is 2.18. The molecule has 0 aliphatic heterocycles. The molecule has 0 saturated carbocycles. The number of hydrogen-bond donors (Lipinski definition) is 2. The molecule has 8 nitrogen and oxygen atoms in total. The summed E-state index contributed by atoms with van der Waals surface area (Å²) in [7, 11) is 0. The lowest BCUT2D eigenvalue weighted by Crippen LogP contribution is -2.40. The maximum absolute atomic E-state index is 13.1. The van der Waals surface area contributed by atoms with Crippen molar-refractivity contribution in [2.24, 2.45) is 0 Å². The largest absolute Gasteiger partial charge is 0.492 e. The van der Waals surface area contributed by atoms with E-state index in [2.05, 4.69) is 5.32 Å². The molecule has 3 rings (SSSR count). The van der Waals surface area contributed by atoms with E-state index in [1.165, 1.54) is 23.1 Å². The van der Waals surface area contributed by atoms with Crippen LogP contribution in [0.4, 0.5) is 14.9 Å². The highest BCUT2D eigenvalue weighted by molar-refractivity contribution is 6.36.